The van der Waals surface area contributed by atoms with Gasteiger partial charge in [-0.25, -0.2) is 0 Å². The summed E-state index contributed by atoms with van der Waals surface area (Å²) in [6, 6.07) is 0. The summed E-state index contributed by atoms with van der Waals surface area (Å²) < 4.78 is 11.1. The molecule has 0 radical (unpaired) electrons. The molecule has 0 bridgehead atoms. The van der Waals surface area contributed by atoms with E-state index < -0.39 is 0 Å². The van der Waals surface area contributed by atoms with E-state index in [0.717, 1.165) is 19.8 Å². The molecule has 1 rings (SSSR count). The van der Waals surface area contributed by atoms with Crippen LogP contribution in [0.2, 0.25) is 0 Å². The summed E-state index contributed by atoms with van der Waals surface area (Å²) in [4.78, 5) is 0. The maximum atomic E-state index is 5.85. The van der Waals surface area contributed by atoms with Crippen molar-refractivity contribution in [1.82, 2.24) is 0 Å². The number of hydrogen-bond donors (Lipinski definition) is 0. The van der Waals surface area contributed by atoms with Crippen LogP contribution in [0.5, 0.6) is 0 Å². The van der Waals surface area contributed by atoms with E-state index in [2.05, 4.69) is 29.8 Å². The average Bonchev–Trinajstić information content (AvgIpc) is 2.38. The number of ether oxygens (including phenoxy) is 2. The zero-order valence-electron chi connectivity index (χ0n) is 12.8. The lowest BCUT2D eigenvalue weighted by molar-refractivity contribution is -0.147. The lowest BCUT2D eigenvalue weighted by Crippen LogP contribution is -2.47. The molecule has 3 heteroatoms. The first kappa shape index (κ1) is 17.5. The molecule has 0 aliphatic carbocycles. The van der Waals surface area contributed by atoms with Crippen molar-refractivity contribution in [1.29, 1.82) is 0 Å². The van der Waals surface area contributed by atoms with Crippen LogP contribution in [0.3, 0.4) is 0 Å². The fraction of sp³-hybridized carbons (Fsp3) is 1.00. The van der Waals surface area contributed by atoms with Crippen LogP contribution in [0.15, 0.2) is 0 Å². The second kappa shape index (κ2) is 10.2. The summed E-state index contributed by atoms with van der Waals surface area (Å²) in [5.41, 5.74) is 0.194. The summed E-state index contributed by atoms with van der Waals surface area (Å²) in [6.45, 7) is 7.00. The highest BCUT2D eigenvalue weighted by Gasteiger charge is 2.40. The van der Waals surface area contributed by atoms with Crippen molar-refractivity contribution >= 4 is 15.9 Å². The van der Waals surface area contributed by atoms with Crippen LogP contribution in [-0.2, 0) is 9.47 Å². The Bertz CT molecular complexity index is 217. The summed E-state index contributed by atoms with van der Waals surface area (Å²) >= 11 is 3.63. The first-order valence-electron chi connectivity index (χ1n) is 8.02. The van der Waals surface area contributed by atoms with Gasteiger partial charge in [0.2, 0.25) is 0 Å². The fourth-order valence-electron chi connectivity index (χ4n) is 2.36. The first-order valence-corrected chi connectivity index (χ1v) is 8.94. The van der Waals surface area contributed by atoms with Crippen LogP contribution >= 0.6 is 15.9 Å². The molecule has 1 unspecified atom stereocenters. The maximum Gasteiger partial charge on any atom is 0.122 e. The van der Waals surface area contributed by atoms with Crippen LogP contribution in [-0.4, -0.2) is 24.8 Å². The van der Waals surface area contributed by atoms with E-state index in [1.807, 2.05) is 0 Å². The van der Waals surface area contributed by atoms with Crippen molar-refractivity contribution in [2.45, 2.75) is 76.6 Å². The van der Waals surface area contributed by atoms with Crippen LogP contribution in [0.1, 0.15) is 71.6 Å². The van der Waals surface area contributed by atoms with Crippen LogP contribution in [0.4, 0.5) is 0 Å². The first-order chi connectivity index (χ1) is 9.19. The molecule has 1 heterocycles. The van der Waals surface area contributed by atoms with Gasteiger partial charge in [-0.2, -0.15) is 0 Å². The summed E-state index contributed by atoms with van der Waals surface area (Å²) in [7, 11) is 0. The zero-order chi connectivity index (χ0) is 14.0. The van der Waals surface area contributed by atoms with E-state index in [4.69, 9.17) is 9.47 Å². The van der Waals surface area contributed by atoms with E-state index in [0.29, 0.717) is 0 Å². The molecule has 2 nitrogen and oxygen atoms in total. The Balaban J connectivity index is 1.81. The van der Waals surface area contributed by atoms with Gasteiger partial charge in [-0.3, -0.25) is 0 Å². The smallest absolute Gasteiger partial charge is 0.122 e. The normalized spacial score (nSPS) is 19.1. The lowest BCUT2D eigenvalue weighted by Gasteiger charge is -2.41. The second-order valence-electron chi connectivity index (χ2n) is 6.16. The summed E-state index contributed by atoms with van der Waals surface area (Å²) in [5, 5.41) is 0.155. The van der Waals surface area contributed by atoms with Crippen LogP contribution in [0, 0.1) is 5.41 Å². The van der Waals surface area contributed by atoms with E-state index >= 15 is 0 Å². The Labute approximate surface area is 127 Å². The topological polar surface area (TPSA) is 18.5 Å². The Morgan fingerprint density at radius 1 is 1.00 bits per heavy atom. The molecule has 0 aromatic heterocycles. The fourth-order valence-corrected chi connectivity index (χ4v) is 2.81. The number of rotatable bonds is 12. The van der Waals surface area contributed by atoms with Gasteiger partial charge < -0.3 is 9.47 Å². The highest BCUT2D eigenvalue weighted by Crippen LogP contribution is 2.35. The molecule has 114 valence electrons. The van der Waals surface area contributed by atoms with Gasteiger partial charge in [-0.15, -0.1) is 0 Å². The predicted molar refractivity (Wildman–Crippen MR) is 84.8 cm³/mol. The van der Waals surface area contributed by atoms with E-state index in [-0.39, 0.29) is 10.4 Å². The molecule has 1 fully saturated rings. The Kier molecular flexibility index (Phi) is 9.34. The molecule has 1 saturated heterocycles. The van der Waals surface area contributed by atoms with Gasteiger partial charge >= 0.3 is 0 Å². The molecule has 19 heavy (non-hydrogen) atoms. The molecule has 1 aliphatic rings. The van der Waals surface area contributed by atoms with Crippen molar-refractivity contribution in [2.75, 3.05) is 19.8 Å². The molecule has 1 aliphatic heterocycles. The van der Waals surface area contributed by atoms with E-state index in [9.17, 15) is 0 Å². The Morgan fingerprint density at radius 2 is 1.53 bits per heavy atom. The third-order valence-electron chi connectivity index (χ3n) is 3.92. The summed E-state index contributed by atoms with van der Waals surface area (Å²) in [6.07, 6.45) is 12.3. The minimum atomic E-state index is 0.155. The van der Waals surface area contributed by atoms with Crippen molar-refractivity contribution in [2.24, 2.45) is 5.41 Å². The van der Waals surface area contributed by atoms with Gasteiger partial charge in [0.05, 0.1) is 18.6 Å². The van der Waals surface area contributed by atoms with Gasteiger partial charge in [0.1, 0.15) is 5.01 Å². The third-order valence-corrected chi connectivity index (χ3v) is 5.29. The standard InChI is InChI=1S/C16H31BrO2/c1-3-4-5-6-7-8-9-10-11-12-19-15(17)16(2)13-18-14-16/h15H,3-14H2,1-2H3. The van der Waals surface area contributed by atoms with E-state index in [1.54, 1.807) is 0 Å². The SMILES string of the molecule is CCCCCCCCCCCOC(Br)C1(C)COC1. The van der Waals surface area contributed by atoms with Crippen LogP contribution in [0.25, 0.3) is 0 Å². The van der Waals surface area contributed by atoms with E-state index in [1.165, 1.54) is 57.8 Å². The molecule has 0 spiro atoms. The van der Waals surface area contributed by atoms with Crippen LogP contribution < -0.4 is 0 Å². The Hall–Kier alpha value is 0.400. The number of unbranched alkanes of at least 4 members (excludes halogenated alkanes) is 8. The molecule has 0 N–H and O–H groups in total. The van der Waals surface area contributed by atoms with Gasteiger partial charge in [0.25, 0.3) is 0 Å². The van der Waals surface area contributed by atoms with Crippen molar-refractivity contribution in [3.63, 3.8) is 0 Å². The van der Waals surface area contributed by atoms with Gasteiger partial charge in [-0.05, 0) is 6.42 Å². The zero-order valence-corrected chi connectivity index (χ0v) is 14.3. The Morgan fingerprint density at radius 3 is 2.00 bits per heavy atom. The summed E-state index contributed by atoms with van der Waals surface area (Å²) in [5.74, 6) is 0. The van der Waals surface area contributed by atoms with Gasteiger partial charge in [0, 0.05) is 6.61 Å². The third kappa shape index (κ3) is 7.10. The monoisotopic (exact) mass is 334 g/mol. The van der Waals surface area contributed by atoms with Crippen molar-refractivity contribution in [3.05, 3.63) is 0 Å². The van der Waals surface area contributed by atoms with Crippen molar-refractivity contribution in [3.8, 4) is 0 Å². The number of hydrogen-bond acceptors (Lipinski definition) is 2. The molecular weight excluding hydrogens is 304 g/mol. The minimum absolute atomic E-state index is 0.155. The lowest BCUT2D eigenvalue weighted by atomic mass is 9.90. The number of halogens is 1. The molecule has 0 aromatic rings. The molecule has 1 atom stereocenters. The number of alkyl halides is 1. The molecule has 0 aromatic carbocycles. The quantitative estimate of drug-likeness (QED) is 0.356. The largest absolute Gasteiger partial charge is 0.380 e. The average molecular weight is 335 g/mol. The predicted octanol–water partition coefficient (Wildman–Crippen LogP) is 5.29. The minimum Gasteiger partial charge on any atom is -0.380 e. The molecular formula is C16H31BrO2. The molecule has 0 amide bonds. The highest BCUT2D eigenvalue weighted by molar-refractivity contribution is 9.09. The highest BCUT2D eigenvalue weighted by atomic mass is 79.9. The van der Waals surface area contributed by atoms with Gasteiger partial charge in [0.15, 0.2) is 0 Å². The van der Waals surface area contributed by atoms with Crippen molar-refractivity contribution < 1.29 is 9.47 Å². The molecule has 0 saturated carbocycles. The maximum absolute atomic E-state index is 5.85. The van der Waals surface area contributed by atoms with Gasteiger partial charge in [-0.1, -0.05) is 81.1 Å². The second-order valence-corrected chi connectivity index (χ2v) is 6.99.